The molecule has 0 heterocycles. The smallest absolute Gasteiger partial charge is 0.124 e. The molecule has 0 aromatic heterocycles. The van der Waals surface area contributed by atoms with E-state index in [0.29, 0.717) is 17.5 Å². The highest BCUT2D eigenvalue weighted by Crippen LogP contribution is 2.30. The first-order valence-corrected chi connectivity index (χ1v) is 7.63. The van der Waals surface area contributed by atoms with Crippen LogP contribution in [0.2, 0.25) is 5.02 Å². The van der Waals surface area contributed by atoms with Gasteiger partial charge in [0.1, 0.15) is 12.4 Å². The third-order valence-electron chi connectivity index (χ3n) is 3.41. The molecular weight excluding hydrogens is 303 g/mol. The molecule has 0 bridgehead atoms. The summed E-state index contributed by atoms with van der Waals surface area (Å²) in [6, 6.07) is 19.9. The van der Waals surface area contributed by atoms with Gasteiger partial charge in [0, 0.05) is 10.6 Å². The van der Waals surface area contributed by atoms with Gasteiger partial charge in [-0.3, -0.25) is 0 Å². The molecule has 0 aliphatic heterocycles. The van der Waals surface area contributed by atoms with Crippen LogP contribution in [0.5, 0.6) is 5.75 Å². The van der Waals surface area contributed by atoms with Gasteiger partial charge in [0.15, 0.2) is 0 Å². The highest BCUT2D eigenvalue weighted by molar-refractivity contribution is 6.30. The third kappa shape index (κ3) is 3.15. The van der Waals surface area contributed by atoms with Crippen LogP contribution in [-0.4, -0.2) is 0 Å². The molecular formula is C18H14Cl2O. The molecule has 0 saturated heterocycles. The van der Waals surface area contributed by atoms with Gasteiger partial charge in [0.25, 0.3) is 0 Å². The van der Waals surface area contributed by atoms with Crippen molar-refractivity contribution in [1.82, 2.24) is 0 Å². The van der Waals surface area contributed by atoms with E-state index in [2.05, 4.69) is 18.2 Å². The van der Waals surface area contributed by atoms with Crippen LogP contribution in [0, 0.1) is 0 Å². The lowest BCUT2D eigenvalue weighted by atomic mass is 10.0. The Balaban J connectivity index is 1.90. The zero-order chi connectivity index (χ0) is 14.7. The van der Waals surface area contributed by atoms with Gasteiger partial charge in [-0.25, -0.2) is 0 Å². The number of fused-ring (bicyclic) bond motifs is 1. The summed E-state index contributed by atoms with van der Waals surface area (Å²) in [7, 11) is 0. The van der Waals surface area contributed by atoms with Crippen molar-refractivity contribution in [2.24, 2.45) is 0 Å². The maximum Gasteiger partial charge on any atom is 0.124 e. The fraction of sp³-hybridized carbons (Fsp3) is 0.111. The van der Waals surface area contributed by atoms with Gasteiger partial charge in [-0.15, -0.1) is 11.6 Å². The van der Waals surface area contributed by atoms with Gasteiger partial charge in [0.2, 0.25) is 0 Å². The molecule has 0 fully saturated rings. The molecule has 3 heteroatoms. The van der Waals surface area contributed by atoms with E-state index in [9.17, 15) is 0 Å². The van der Waals surface area contributed by atoms with Crippen LogP contribution < -0.4 is 4.74 Å². The fourth-order valence-electron chi connectivity index (χ4n) is 2.38. The Hall–Kier alpha value is -1.70. The molecule has 3 aromatic carbocycles. The molecule has 3 rings (SSSR count). The van der Waals surface area contributed by atoms with Crippen LogP contribution in [0.25, 0.3) is 10.8 Å². The monoisotopic (exact) mass is 316 g/mol. The number of alkyl halides is 1. The lowest BCUT2D eigenvalue weighted by molar-refractivity contribution is 0.304. The van der Waals surface area contributed by atoms with Crippen molar-refractivity contribution in [3.63, 3.8) is 0 Å². The van der Waals surface area contributed by atoms with E-state index in [1.807, 2.05) is 42.5 Å². The lowest BCUT2D eigenvalue weighted by Gasteiger charge is -2.13. The number of ether oxygens (including phenoxy) is 1. The van der Waals surface area contributed by atoms with Crippen molar-refractivity contribution in [2.75, 3.05) is 0 Å². The molecule has 0 spiro atoms. The quantitative estimate of drug-likeness (QED) is 0.552. The molecule has 0 atom stereocenters. The van der Waals surface area contributed by atoms with Crippen LogP contribution in [0.15, 0.2) is 60.7 Å². The standard InChI is InChI=1S/C18H14Cl2O/c19-11-17-16-7-2-1-5-14(16)8-9-18(17)21-12-13-4-3-6-15(20)10-13/h1-10H,11-12H2. The summed E-state index contributed by atoms with van der Waals surface area (Å²) in [6.07, 6.45) is 0. The average Bonchev–Trinajstić information content (AvgIpc) is 2.52. The largest absolute Gasteiger partial charge is 0.489 e. The summed E-state index contributed by atoms with van der Waals surface area (Å²) in [5, 5.41) is 3.02. The van der Waals surface area contributed by atoms with Gasteiger partial charge in [-0.1, -0.05) is 54.1 Å². The first kappa shape index (κ1) is 14.2. The predicted octanol–water partition coefficient (Wildman–Crippen LogP) is 5.81. The minimum Gasteiger partial charge on any atom is -0.489 e. The fourth-order valence-corrected chi connectivity index (χ4v) is 2.87. The van der Waals surface area contributed by atoms with E-state index in [0.717, 1.165) is 22.3 Å². The molecule has 0 aliphatic carbocycles. The molecule has 0 unspecified atom stereocenters. The number of halogens is 2. The Morgan fingerprint density at radius 1 is 0.905 bits per heavy atom. The van der Waals surface area contributed by atoms with E-state index < -0.39 is 0 Å². The molecule has 106 valence electrons. The second-order valence-corrected chi connectivity index (χ2v) is 5.52. The first-order valence-electron chi connectivity index (χ1n) is 6.72. The molecule has 0 saturated carbocycles. The summed E-state index contributed by atoms with van der Waals surface area (Å²) >= 11 is 12.1. The molecule has 0 radical (unpaired) electrons. The first-order chi connectivity index (χ1) is 10.3. The second kappa shape index (κ2) is 6.38. The Labute approximate surface area is 134 Å². The van der Waals surface area contributed by atoms with Crippen LogP contribution in [0.4, 0.5) is 0 Å². The SMILES string of the molecule is ClCc1c(OCc2cccc(Cl)c2)ccc2ccccc12. The van der Waals surface area contributed by atoms with Crippen LogP contribution in [-0.2, 0) is 12.5 Å². The molecule has 3 aromatic rings. The predicted molar refractivity (Wildman–Crippen MR) is 89.3 cm³/mol. The highest BCUT2D eigenvalue weighted by Gasteiger charge is 2.08. The van der Waals surface area contributed by atoms with E-state index in [1.54, 1.807) is 0 Å². The average molecular weight is 317 g/mol. The highest BCUT2D eigenvalue weighted by atomic mass is 35.5. The summed E-state index contributed by atoms with van der Waals surface area (Å²) in [4.78, 5) is 0. The van der Waals surface area contributed by atoms with Crippen LogP contribution in [0.3, 0.4) is 0 Å². The summed E-state index contributed by atoms with van der Waals surface area (Å²) in [5.74, 6) is 1.25. The molecule has 0 aliphatic rings. The summed E-state index contributed by atoms with van der Waals surface area (Å²) < 4.78 is 5.93. The molecule has 0 amide bonds. The van der Waals surface area contributed by atoms with Gasteiger partial charge >= 0.3 is 0 Å². The van der Waals surface area contributed by atoms with E-state index in [4.69, 9.17) is 27.9 Å². The van der Waals surface area contributed by atoms with Crippen molar-refractivity contribution in [2.45, 2.75) is 12.5 Å². The van der Waals surface area contributed by atoms with E-state index in [1.165, 1.54) is 5.39 Å². The van der Waals surface area contributed by atoms with Crippen molar-refractivity contribution in [3.8, 4) is 5.75 Å². The van der Waals surface area contributed by atoms with Crippen molar-refractivity contribution < 1.29 is 4.74 Å². The zero-order valence-corrected chi connectivity index (χ0v) is 12.9. The Bertz CT molecular complexity index is 768. The minimum absolute atomic E-state index is 0.423. The van der Waals surface area contributed by atoms with Gasteiger partial charge in [-0.2, -0.15) is 0 Å². The minimum atomic E-state index is 0.423. The maximum absolute atomic E-state index is 6.12. The molecule has 0 N–H and O–H groups in total. The van der Waals surface area contributed by atoms with Crippen LogP contribution in [0.1, 0.15) is 11.1 Å². The molecule has 21 heavy (non-hydrogen) atoms. The van der Waals surface area contributed by atoms with Crippen molar-refractivity contribution in [1.29, 1.82) is 0 Å². The lowest BCUT2D eigenvalue weighted by Crippen LogP contribution is -1.98. The Morgan fingerprint density at radius 2 is 1.76 bits per heavy atom. The summed E-state index contributed by atoms with van der Waals surface area (Å²) in [6.45, 7) is 0.475. The number of benzene rings is 3. The van der Waals surface area contributed by atoms with Crippen LogP contribution >= 0.6 is 23.2 Å². The Morgan fingerprint density at radius 3 is 2.57 bits per heavy atom. The van der Waals surface area contributed by atoms with Gasteiger partial charge in [0.05, 0.1) is 5.88 Å². The summed E-state index contributed by atoms with van der Waals surface area (Å²) in [5.41, 5.74) is 2.06. The number of hydrogen-bond donors (Lipinski definition) is 0. The third-order valence-corrected chi connectivity index (χ3v) is 3.92. The van der Waals surface area contributed by atoms with E-state index in [-0.39, 0.29) is 0 Å². The molecule has 1 nitrogen and oxygen atoms in total. The van der Waals surface area contributed by atoms with E-state index >= 15 is 0 Å². The normalized spacial score (nSPS) is 10.8. The van der Waals surface area contributed by atoms with Crippen molar-refractivity contribution >= 4 is 34.0 Å². The topological polar surface area (TPSA) is 9.23 Å². The number of rotatable bonds is 4. The zero-order valence-electron chi connectivity index (χ0n) is 11.4. The maximum atomic E-state index is 6.12. The van der Waals surface area contributed by atoms with Gasteiger partial charge in [-0.05, 0) is 34.5 Å². The van der Waals surface area contributed by atoms with Crippen molar-refractivity contribution in [3.05, 3.63) is 76.8 Å². The number of hydrogen-bond acceptors (Lipinski definition) is 1. The second-order valence-electron chi connectivity index (χ2n) is 4.82. The Kier molecular flexibility index (Phi) is 4.33. The van der Waals surface area contributed by atoms with Gasteiger partial charge < -0.3 is 4.74 Å².